The number of rotatable bonds is 3. The first kappa shape index (κ1) is 18.5. The molecule has 28 heavy (non-hydrogen) atoms. The molecule has 0 radical (unpaired) electrons. The van der Waals surface area contributed by atoms with Gasteiger partial charge < -0.3 is 9.47 Å². The zero-order valence-electron chi connectivity index (χ0n) is 15.4. The van der Waals surface area contributed by atoms with Crippen molar-refractivity contribution in [2.75, 3.05) is 13.2 Å². The van der Waals surface area contributed by atoms with Crippen molar-refractivity contribution < 1.29 is 22.3 Å². The molecule has 2 aliphatic rings. The minimum Gasteiger partial charge on any atom is -0.486 e. The Morgan fingerprint density at radius 3 is 2.46 bits per heavy atom. The van der Waals surface area contributed by atoms with Gasteiger partial charge in [0.25, 0.3) is 10.0 Å². The van der Waals surface area contributed by atoms with E-state index in [2.05, 4.69) is 9.71 Å². The van der Waals surface area contributed by atoms with E-state index >= 15 is 0 Å². The number of halogens is 1. The van der Waals surface area contributed by atoms with Crippen LogP contribution in [0.15, 0.2) is 53.0 Å². The van der Waals surface area contributed by atoms with Gasteiger partial charge in [-0.25, -0.2) is 12.8 Å². The van der Waals surface area contributed by atoms with E-state index in [1.807, 2.05) is 25.1 Å². The first-order valence-electron chi connectivity index (χ1n) is 8.82. The second-order valence-electron chi connectivity index (χ2n) is 6.62. The molecule has 1 atom stereocenters. The summed E-state index contributed by atoms with van der Waals surface area (Å²) in [6, 6.07) is 10.6. The standard InChI is InChI=1S/C20H19FN2O4S/c1-12-19(14-3-6-16(21)7-4-14)28(24,25)23-20(12)22-13(2)15-5-8-17-18(11-15)27-10-9-26-17/h3-8,11,13H,9-10H2,1-2H3,(H,22,23). The Hall–Kier alpha value is -2.87. The molecule has 2 heterocycles. The number of ether oxygens (including phenoxy) is 2. The summed E-state index contributed by atoms with van der Waals surface area (Å²) >= 11 is 0. The third-order valence-corrected chi connectivity index (χ3v) is 6.21. The summed E-state index contributed by atoms with van der Waals surface area (Å²) < 4.78 is 52.0. The lowest BCUT2D eigenvalue weighted by Gasteiger charge is -2.19. The predicted molar refractivity (Wildman–Crippen MR) is 104 cm³/mol. The molecule has 0 amide bonds. The summed E-state index contributed by atoms with van der Waals surface area (Å²) in [6.45, 7) is 4.56. The quantitative estimate of drug-likeness (QED) is 0.854. The lowest BCUT2D eigenvalue weighted by atomic mass is 10.1. The number of aliphatic imine (C=N–C) groups is 1. The number of benzene rings is 2. The number of amidine groups is 1. The SMILES string of the molecule is CC1=C(c2ccc(F)cc2)S(=O)(=O)NC1=NC(C)c1ccc2c(c1)OCCO2. The number of hydrogen-bond donors (Lipinski definition) is 1. The van der Waals surface area contributed by atoms with Crippen LogP contribution in [0.2, 0.25) is 0 Å². The summed E-state index contributed by atoms with van der Waals surface area (Å²) in [5.41, 5.74) is 1.79. The maximum absolute atomic E-state index is 13.2. The Bertz CT molecular complexity index is 1090. The van der Waals surface area contributed by atoms with E-state index in [1.165, 1.54) is 24.3 Å². The molecular formula is C20H19FN2O4S. The number of fused-ring (bicyclic) bond motifs is 1. The molecule has 1 unspecified atom stereocenters. The van der Waals surface area contributed by atoms with Crippen LogP contribution in [0.1, 0.15) is 31.0 Å². The molecule has 2 aliphatic heterocycles. The van der Waals surface area contributed by atoms with Gasteiger partial charge in [-0.2, -0.15) is 0 Å². The van der Waals surface area contributed by atoms with Gasteiger partial charge >= 0.3 is 0 Å². The Balaban J connectivity index is 1.69. The van der Waals surface area contributed by atoms with E-state index in [-0.39, 0.29) is 16.8 Å². The fraction of sp³-hybridized carbons (Fsp3) is 0.250. The van der Waals surface area contributed by atoms with E-state index in [1.54, 1.807) is 6.92 Å². The van der Waals surface area contributed by atoms with Gasteiger partial charge in [-0.1, -0.05) is 18.2 Å². The van der Waals surface area contributed by atoms with Gasteiger partial charge in [0.05, 0.1) is 6.04 Å². The molecule has 0 bridgehead atoms. The van der Waals surface area contributed by atoms with Gasteiger partial charge in [-0.05, 0) is 49.2 Å². The smallest absolute Gasteiger partial charge is 0.264 e. The van der Waals surface area contributed by atoms with Crippen molar-refractivity contribution in [2.45, 2.75) is 19.9 Å². The maximum atomic E-state index is 13.2. The van der Waals surface area contributed by atoms with Crippen molar-refractivity contribution >= 4 is 20.8 Å². The molecule has 0 aliphatic carbocycles. The summed E-state index contributed by atoms with van der Waals surface area (Å²) in [5, 5.41) is 0. The third-order valence-electron chi connectivity index (χ3n) is 4.67. The van der Waals surface area contributed by atoms with Gasteiger partial charge in [-0.15, -0.1) is 0 Å². The molecule has 0 aromatic heterocycles. The highest BCUT2D eigenvalue weighted by molar-refractivity contribution is 8.00. The Kier molecular flexibility index (Phi) is 4.58. The van der Waals surface area contributed by atoms with Crippen molar-refractivity contribution in [2.24, 2.45) is 4.99 Å². The van der Waals surface area contributed by atoms with Crippen LogP contribution in [0.4, 0.5) is 4.39 Å². The van der Waals surface area contributed by atoms with E-state index < -0.39 is 15.8 Å². The van der Waals surface area contributed by atoms with Gasteiger partial charge in [0.1, 0.15) is 29.8 Å². The highest BCUT2D eigenvalue weighted by Crippen LogP contribution is 2.35. The van der Waals surface area contributed by atoms with Gasteiger partial charge in [0.2, 0.25) is 0 Å². The van der Waals surface area contributed by atoms with Crippen molar-refractivity contribution in [3.8, 4) is 11.5 Å². The second kappa shape index (κ2) is 6.94. The summed E-state index contributed by atoms with van der Waals surface area (Å²) in [4.78, 5) is 4.67. The van der Waals surface area contributed by atoms with E-state index in [0.717, 1.165) is 5.56 Å². The van der Waals surface area contributed by atoms with Crippen LogP contribution in [0.3, 0.4) is 0 Å². The van der Waals surface area contributed by atoms with Crippen LogP contribution in [0.25, 0.3) is 4.91 Å². The van der Waals surface area contributed by atoms with Crippen molar-refractivity contribution in [1.82, 2.24) is 4.72 Å². The first-order chi connectivity index (χ1) is 13.3. The van der Waals surface area contributed by atoms with Gasteiger partial charge in [0, 0.05) is 5.57 Å². The van der Waals surface area contributed by atoms with Gasteiger partial charge in [-0.3, -0.25) is 9.71 Å². The van der Waals surface area contributed by atoms with Gasteiger partial charge in [0.15, 0.2) is 11.5 Å². The van der Waals surface area contributed by atoms with E-state index in [4.69, 9.17) is 9.47 Å². The Morgan fingerprint density at radius 2 is 1.75 bits per heavy atom. The van der Waals surface area contributed by atoms with Crippen LogP contribution >= 0.6 is 0 Å². The Morgan fingerprint density at radius 1 is 1.07 bits per heavy atom. The number of nitrogens with one attached hydrogen (secondary N) is 1. The van der Waals surface area contributed by atoms with Crippen LogP contribution in [-0.4, -0.2) is 27.5 Å². The highest BCUT2D eigenvalue weighted by Gasteiger charge is 2.33. The fourth-order valence-electron chi connectivity index (χ4n) is 3.25. The molecule has 146 valence electrons. The summed E-state index contributed by atoms with van der Waals surface area (Å²) in [7, 11) is -3.76. The first-order valence-corrected chi connectivity index (χ1v) is 10.3. The van der Waals surface area contributed by atoms with Crippen LogP contribution in [0.5, 0.6) is 11.5 Å². The number of nitrogens with zero attached hydrogens (tertiary/aromatic N) is 1. The molecular weight excluding hydrogens is 383 g/mol. The van der Waals surface area contributed by atoms with Crippen molar-refractivity contribution in [1.29, 1.82) is 0 Å². The molecule has 0 fully saturated rings. The number of sulfonamides is 1. The average Bonchev–Trinajstić information content (AvgIpc) is 2.90. The summed E-state index contributed by atoms with van der Waals surface area (Å²) in [6.07, 6.45) is 0. The lowest BCUT2D eigenvalue weighted by Crippen LogP contribution is -2.24. The zero-order valence-corrected chi connectivity index (χ0v) is 16.2. The molecule has 8 heteroatoms. The molecule has 0 spiro atoms. The average molecular weight is 402 g/mol. The Labute approximate surface area is 162 Å². The normalized spacial score (nSPS) is 20.2. The van der Waals surface area contributed by atoms with Crippen molar-refractivity contribution in [3.05, 3.63) is 65.0 Å². The summed E-state index contributed by atoms with van der Waals surface area (Å²) in [5.74, 6) is 1.20. The predicted octanol–water partition coefficient (Wildman–Crippen LogP) is 3.42. The highest BCUT2D eigenvalue weighted by atomic mass is 32.2. The van der Waals surface area contributed by atoms with Crippen LogP contribution in [0, 0.1) is 5.82 Å². The van der Waals surface area contributed by atoms with Crippen molar-refractivity contribution in [3.63, 3.8) is 0 Å². The van der Waals surface area contributed by atoms with E-state index in [9.17, 15) is 12.8 Å². The lowest BCUT2D eigenvalue weighted by molar-refractivity contribution is 0.171. The zero-order chi connectivity index (χ0) is 19.9. The molecule has 6 nitrogen and oxygen atoms in total. The fourth-order valence-corrected chi connectivity index (χ4v) is 4.76. The molecule has 0 saturated heterocycles. The maximum Gasteiger partial charge on any atom is 0.264 e. The minimum absolute atomic E-state index is 0.112. The second-order valence-corrected chi connectivity index (χ2v) is 8.24. The molecule has 2 aromatic rings. The molecule has 2 aromatic carbocycles. The van der Waals surface area contributed by atoms with Crippen LogP contribution in [-0.2, 0) is 10.0 Å². The topological polar surface area (TPSA) is 77.0 Å². The molecule has 4 rings (SSSR count). The minimum atomic E-state index is -3.76. The largest absolute Gasteiger partial charge is 0.486 e. The number of hydrogen-bond acceptors (Lipinski definition) is 5. The monoisotopic (exact) mass is 402 g/mol. The molecule has 1 N–H and O–H groups in total. The third kappa shape index (κ3) is 3.35. The van der Waals surface area contributed by atoms with E-state index in [0.29, 0.717) is 35.8 Å². The molecule has 0 saturated carbocycles. The van der Waals surface area contributed by atoms with Crippen LogP contribution < -0.4 is 14.2 Å².